The Morgan fingerprint density at radius 2 is 1.50 bits per heavy atom. The lowest BCUT2D eigenvalue weighted by atomic mass is 9.88. The first kappa shape index (κ1) is 14.3. The third-order valence-electron chi connectivity index (χ3n) is 3.54. The van der Waals surface area contributed by atoms with Gasteiger partial charge in [0.1, 0.15) is 5.60 Å². The minimum absolute atomic E-state index is 0.905. The van der Waals surface area contributed by atoms with Gasteiger partial charge in [0, 0.05) is 0 Å². The van der Waals surface area contributed by atoms with Crippen molar-refractivity contribution >= 4 is 6.08 Å². The van der Waals surface area contributed by atoms with Crippen molar-refractivity contribution in [3.05, 3.63) is 89.5 Å². The van der Waals surface area contributed by atoms with Crippen LogP contribution >= 0.6 is 0 Å². The van der Waals surface area contributed by atoms with Gasteiger partial charge in [-0.15, -0.1) is 0 Å². The molecular weight excluding hydrogens is 244 g/mol. The molecule has 2 aromatic carbocycles. The molecule has 20 heavy (non-hydrogen) atoms. The Balaban J connectivity index is 2.16. The van der Waals surface area contributed by atoms with Crippen molar-refractivity contribution in [2.24, 2.45) is 0 Å². The first-order valence-corrected chi connectivity index (χ1v) is 6.79. The Hall–Kier alpha value is -2.12. The van der Waals surface area contributed by atoms with Crippen molar-refractivity contribution in [3.63, 3.8) is 0 Å². The maximum absolute atomic E-state index is 10.6. The summed E-state index contributed by atoms with van der Waals surface area (Å²) in [6.45, 7) is 3.77. The highest BCUT2D eigenvalue weighted by molar-refractivity contribution is 5.51. The van der Waals surface area contributed by atoms with Gasteiger partial charge in [0.2, 0.25) is 0 Å². The van der Waals surface area contributed by atoms with Gasteiger partial charge in [-0.1, -0.05) is 78.9 Å². The molecule has 0 radical (unpaired) electrons. The number of benzene rings is 2. The van der Waals surface area contributed by atoms with E-state index in [4.69, 9.17) is 0 Å². The zero-order chi connectivity index (χ0) is 14.4. The largest absolute Gasteiger partial charge is 0.381 e. The predicted molar refractivity (Wildman–Crippen MR) is 85.2 cm³/mol. The number of rotatable bonds is 4. The third-order valence-corrected chi connectivity index (χ3v) is 3.54. The summed E-state index contributed by atoms with van der Waals surface area (Å²) in [5, 5.41) is 10.6. The summed E-state index contributed by atoms with van der Waals surface area (Å²) in [5.41, 5.74) is 2.02. The molecule has 0 saturated heterocycles. The molecule has 0 aliphatic heterocycles. The van der Waals surface area contributed by atoms with Crippen molar-refractivity contribution in [3.8, 4) is 0 Å². The van der Waals surface area contributed by atoms with Gasteiger partial charge in [0.05, 0.1) is 0 Å². The van der Waals surface area contributed by atoms with Crippen LogP contribution in [0.2, 0.25) is 0 Å². The SMILES string of the molecule is CC(=CC=Cc1ccccc1)C(C)(O)c1ccccc1. The van der Waals surface area contributed by atoms with Gasteiger partial charge in [-0.2, -0.15) is 0 Å². The number of aliphatic hydroxyl groups is 1. The average Bonchev–Trinajstić information content (AvgIpc) is 2.49. The summed E-state index contributed by atoms with van der Waals surface area (Å²) in [7, 11) is 0. The molecule has 0 spiro atoms. The smallest absolute Gasteiger partial charge is 0.108 e. The van der Waals surface area contributed by atoms with Gasteiger partial charge in [0.25, 0.3) is 0 Å². The normalized spacial score (nSPS) is 15.2. The molecule has 1 heteroatoms. The van der Waals surface area contributed by atoms with Crippen LogP contribution in [0, 0.1) is 0 Å². The molecule has 0 aliphatic carbocycles. The van der Waals surface area contributed by atoms with E-state index in [9.17, 15) is 5.11 Å². The van der Waals surface area contributed by atoms with E-state index in [1.165, 1.54) is 0 Å². The molecule has 0 fully saturated rings. The van der Waals surface area contributed by atoms with Crippen LogP contribution in [-0.4, -0.2) is 5.11 Å². The van der Waals surface area contributed by atoms with Crippen molar-refractivity contribution < 1.29 is 5.11 Å². The molecular formula is C19H20O. The standard InChI is InChI=1S/C19H20O/c1-16(10-9-13-17-11-5-3-6-12-17)19(2,20)18-14-7-4-8-15-18/h3-15,20H,1-2H3. The molecule has 1 nitrogen and oxygen atoms in total. The molecule has 2 rings (SSSR count). The van der Waals surface area contributed by atoms with E-state index in [1.807, 2.05) is 80.6 Å². The lowest BCUT2D eigenvalue weighted by Gasteiger charge is -2.24. The van der Waals surface area contributed by atoms with E-state index < -0.39 is 5.60 Å². The lowest BCUT2D eigenvalue weighted by molar-refractivity contribution is 0.0975. The predicted octanol–water partition coefficient (Wildman–Crippen LogP) is 4.55. The molecule has 0 aliphatic rings. The number of hydrogen-bond acceptors (Lipinski definition) is 1. The van der Waals surface area contributed by atoms with E-state index >= 15 is 0 Å². The maximum Gasteiger partial charge on any atom is 0.108 e. The van der Waals surface area contributed by atoms with E-state index in [2.05, 4.69) is 12.1 Å². The number of hydrogen-bond donors (Lipinski definition) is 1. The minimum atomic E-state index is -0.942. The van der Waals surface area contributed by atoms with E-state index in [0.717, 1.165) is 16.7 Å². The first-order chi connectivity index (χ1) is 9.60. The van der Waals surface area contributed by atoms with E-state index in [1.54, 1.807) is 0 Å². The Bertz CT molecular complexity index is 592. The highest BCUT2D eigenvalue weighted by Crippen LogP contribution is 2.28. The fourth-order valence-corrected chi connectivity index (χ4v) is 2.02. The first-order valence-electron chi connectivity index (χ1n) is 6.79. The summed E-state index contributed by atoms with van der Waals surface area (Å²) in [4.78, 5) is 0. The van der Waals surface area contributed by atoms with Gasteiger partial charge in [-0.05, 0) is 30.5 Å². The van der Waals surface area contributed by atoms with Crippen molar-refractivity contribution in [2.75, 3.05) is 0 Å². The molecule has 1 N–H and O–H groups in total. The Morgan fingerprint density at radius 3 is 2.10 bits per heavy atom. The van der Waals surface area contributed by atoms with Gasteiger partial charge in [-0.25, -0.2) is 0 Å². The maximum atomic E-state index is 10.6. The summed E-state index contributed by atoms with van der Waals surface area (Å²) in [6, 6.07) is 19.8. The number of allylic oxidation sites excluding steroid dienone is 2. The summed E-state index contributed by atoms with van der Waals surface area (Å²) in [5.74, 6) is 0. The van der Waals surface area contributed by atoms with Crippen LogP contribution in [0.1, 0.15) is 25.0 Å². The van der Waals surface area contributed by atoms with Crippen LogP contribution in [0.15, 0.2) is 78.4 Å². The fraction of sp³-hybridized carbons (Fsp3) is 0.158. The molecule has 2 aromatic rings. The Kier molecular flexibility index (Phi) is 4.54. The molecule has 0 bridgehead atoms. The topological polar surface area (TPSA) is 20.2 Å². The molecule has 0 amide bonds. The van der Waals surface area contributed by atoms with Gasteiger partial charge in [0.15, 0.2) is 0 Å². The minimum Gasteiger partial charge on any atom is -0.381 e. The highest BCUT2D eigenvalue weighted by atomic mass is 16.3. The molecule has 0 saturated carbocycles. The van der Waals surface area contributed by atoms with Crippen LogP contribution < -0.4 is 0 Å². The van der Waals surface area contributed by atoms with Crippen molar-refractivity contribution in [2.45, 2.75) is 19.4 Å². The van der Waals surface area contributed by atoms with Gasteiger partial charge >= 0.3 is 0 Å². The summed E-state index contributed by atoms with van der Waals surface area (Å²) >= 11 is 0. The van der Waals surface area contributed by atoms with Crippen LogP contribution in [0.25, 0.3) is 6.08 Å². The van der Waals surface area contributed by atoms with Crippen molar-refractivity contribution in [1.29, 1.82) is 0 Å². The third kappa shape index (κ3) is 3.46. The zero-order valence-electron chi connectivity index (χ0n) is 12.0. The monoisotopic (exact) mass is 264 g/mol. The van der Waals surface area contributed by atoms with Crippen LogP contribution in [0.5, 0.6) is 0 Å². The van der Waals surface area contributed by atoms with Crippen LogP contribution in [0.4, 0.5) is 0 Å². The quantitative estimate of drug-likeness (QED) is 0.803. The summed E-state index contributed by atoms with van der Waals surface area (Å²) < 4.78 is 0. The molecule has 0 heterocycles. The highest BCUT2D eigenvalue weighted by Gasteiger charge is 2.24. The second-order valence-corrected chi connectivity index (χ2v) is 5.06. The Labute approximate surface area is 120 Å². The van der Waals surface area contributed by atoms with Crippen molar-refractivity contribution in [1.82, 2.24) is 0 Å². The molecule has 1 unspecified atom stereocenters. The van der Waals surface area contributed by atoms with Crippen LogP contribution in [-0.2, 0) is 5.60 Å². The Morgan fingerprint density at radius 1 is 0.950 bits per heavy atom. The van der Waals surface area contributed by atoms with E-state index in [0.29, 0.717) is 0 Å². The molecule has 0 aromatic heterocycles. The zero-order valence-corrected chi connectivity index (χ0v) is 12.0. The van der Waals surface area contributed by atoms with Crippen LogP contribution in [0.3, 0.4) is 0 Å². The molecule has 102 valence electrons. The van der Waals surface area contributed by atoms with E-state index in [-0.39, 0.29) is 0 Å². The summed E-state index contributed by atoms with van der Waals surface area (Å²) in [6.07, 6.45) is 5.96. The second-order valence-electron chi connectivity index (χ2n) is 5.06. The van der Waals surface area contributed by atoms with Gasteiger partial charge < -0.3 is 5.11 Å². The molecule has 1 atom stereocenters. The average molecular weight is 264 g/mol. The fourth-order valence-electron chi connectivity index (χ4n) is 2.02. The second kappa shape index (κ2) is 6.36. The lowest BCUT2D eigenvalue weighted by Crippen LogP contribution is -2.22. The van der Waals surface area contributed by atoms with Gasteiger partial charge in [-0.3, -0.25) is 0 Å².